The van der Waals surface area contributed by atoms with Crippen molar-refractivity contribution in [2.45, 2.75) is 46.3 Å². The van der Waals surface area contributed by atoms with Gasteiger partial charge in [-0.15, -0.1) is 0 Å². The smallest absolute Gasteiger partial charge is 0.324 e. The number of carbonyl (C=O) groups is 1. The van der Waals surface area contributed by atoms with E-state index in [1.807, 2.05) is 0 Å². The van der Waals surface area contributed by atoms with Gasteiger partial charge in [0.25, 0.3) is 0 Å². The SMILES string of the molecule is COCCS(=O)(=O)N[C@H](C(=O)OC(C)(C)C)C(C)C. The van der Waals surface area contributed by atoms with Gasteiger partial charge in [0.2, 0.25) is 10.0 Å². The number of hydrogen-bond donors (Lipinski definition) is 1. The van der Waals surface area contributed by atoms with Crippen molar-refractivity contribution in [2.24, 2.45) is 5.92 Å². The fourth-order valence-electron chi connectivity index (χ4n) is 1.27. The second-order valence-electron chi connectivity index (χ2n) is 5.68. The summed E-state index contributed by atoms with van der Waals surface area (Å²) in [6, 6.07) is -0.888. The molecule has 0 amide bonds. The monoisotopic (exact) mass is 295 g/mol. The molecule has 1 N–H and O–H groups in total. The molecule has 0 aliphatic carbocycles. The Morgan fingerprint density at radius 1 is 1.26 bits per heavy atom. The van der Waals surface area contributed by atoms with Crippen LogP contribution in [0.5, 0.6) is 0 Å². The van der Waals surface area contributed by atoms with E-state index in [-0.39, 0.29) is 18.3 Å². The number of rotatable bonds is 7. The minimum absolute atomic E-state index is 0.0778. The summed E-state index contributed by atoms with van der Waals surface area (Å²) < 4.78 is 35.9. The van der Waals surface area contributed by atoms with Crippen LogP contribution in [0.15, 0.2) is 0 Å². The molecule has 0 aromatic carbocycles. The van der Waals surface area contributed by atoms with Crippen molar-refractivity contribution >= 4 is 16.0 Å². The Morgan fingerprint density at radius 3 is 2.16 bits per heavy atom. The maximum absolute atomic E-state index is 12.0. The highest BCUT2D eigenvalue weighted by molar-refractivity contribution is 7.89. The van der Waals surface area contributed by atoms with E-state index in [0.29, 0.717) is 0 Å². The van der Waals surface area contributed by atoms with E-state index in [1.165, 1.54) is 7.11 Å². The Bertz CT molecular complexity index is 383. The van der Waals surface area contributed by atoms with Gasteiger partial charge < -0.3 is 9.47 Å². The van der Waals surface area contributed by atoms with E-state index >= 15 is 0 Å². The summed E-state index contributed by atoms with van der Waals surface area (Å²) >= 11 is 0. The van der Waals surface area contributed by atoms with Crippen LogP contribution >= 0.6 is 0 Å². The topological polar surface area (TPSA) is 81.7 Å². The van der Waals surface area contributed by atoms with Gasteiger partial charge in [-0.05, 0) is 26.7 Å². The zero-order valence-electron chi connectivity index (χ0n) is 12.5. The van der Waals surface area contributed by atoms with Gasteiger partial charge in [0, 0.05) is 7.11 Å². The Kier molecular flexibility index (Phi) is 6.96. The van der Waals surface area contributed by atoms with Crippen LogP contribution in [0, 0.1) is 5.92 Å². The first-order valence-electron chi connectivity index (χ1n) is 6.20. The average Bonchev–Trinajstić information content (AvgIpc) is 2.20. The largest absolute Gasteiger partial charge is 0.459 e. The zero-order chi connectivity index (χ0) is 15.3. The lowest BCUT2D eigenvalue weighted by atomic mass is 10.1. The highest BCUT2D eigenvalue weighted by Gasteiger charge is 2.31. The van der Waals surface area contributed by atoms with Crippen molar-refractivity contribution in [1.82, 2.24) is 4.72 Å². The van der Waals surface area contributed by atoms with Gasteiger partial charge in [0.05, 0.1) is 12.4 Å². The van der Waals surface area contributed by atoms with Crippen LogP contribution < -0.4 is 4.72 Å². The number of sulfonamides is 1. The quantitative estimate of drug-likeness (QED) is 0.706. The lowest BCUT2D eigenvalue weighted by molar-refractivity contribution is -0.158. The maximum atomic E-state index is 12.0. The van der Waals surface area contributed by atoms with Crippen LogP contribution in [-0.2, 0) is 24.3 Å². The molecular formula is C12H25NO5S. The lowest BCUT2D eigenvalue weighted by Crippen LogP contribution is -2.48. The molecule has 19 heavy (non-hydrogen) atoms. The molecule has 0 radical (unpaired) electrons. The molecule has 6 nitrogen and oxygen atoms in total. The molecule has 0 spiro atoms. The van der Waals surface area contributed by atoms with Gasteiger partial charge in [-0.2, -0.15) is 0 Å². The van der Waals surface area contributed by atoms with E-state index in [1.54, 1.807) is 34.6 Å². The maximum Gasteiger partial charge on any atom is 0.324 e. The second-order valence-corrected chi connectivity index (χ2v) is 7.56. The van der Waals surface area contributed by atoms with E-state index in [4.69, 9.17) is 9.47 Å². The van der Waals surface area contributed by atoms with Crippen molar-refractivity contribution in [3.05, 3.63) is 0 Å². The van der Waals surface area contributed by atoms with Crippen LogP contribution in [0.3, 0.4) is 0 Å². The van der Waals surface area contributed by atoms with Crippen LogP contribution in [0.1, 0.15) is 34.6 Å². The van der Waals surface area contributed by atoms with Gasteiger partial charge in [-0.1, -0.05) is 13.8 Å². The summed E-state index contributed by atoms with van der Waals surface area (Å²) in [4.78, 5) is 12.0. The zero-order valence-corrected chi connectivity index (χ0v) is 13.3. The average molecular weight is 295 g/mol. The number of ether oxygens (including phenoxy) is 2. The summed E-state index contributed by atoms with van der Waals surface area (Å²) in [5.41, 5.74) is -0.651. The predicted octanol–water partition coefficient (Wildman–Crippen LogP) is 0.919. The highest BCUT2D eigenvalue weighted by atomic mass is 32.2. The summed E-state index contributed by atoms with van der Waals surface area (Å²) in [5, 5.41) is 0. The molecule has 0 aliphatic heterocycles. The van der Waals surface area contributed by atoms with Gasteiger partial charge >= 0.3 is 5.97 Å². The molecule has 114 valence electrons. The predicted molar refractivity (Wildman–Crippen MR) is 73.3 cm³/mol. The lowest BCUT2D eigenvalue weighted by Gasteiger charge is -2.26. The molecule has 0 saturated carbocycles. The van der Waals surface area contributed by atoms with E-state index in [0.717, 1.165) is 0 Å². The number of nitrogens with one attached hydrogen (secondary N) is 1. The summed E-state index contributed by atoms with van der Waals surface area (Å²) in [6.07, 6.45) is 0. The Labute approximate surface area is 115 Å². The van der Waals surface area contributed by atoms with Gasteiger partial charge in [-0.25, -0.2) is 13.1 Å². The van der Waals surface area contributed by atoms with Crippen molar-refractivity contribution < 1.29 is 22.7 Å². The summed E-state index contributed by atoms with van der Waals surface area (Å²) in [5.74, 6) is -0.953. The first-order valence-corrected chi connectivity index (χ1v) is 7.85. The fourth-order valence-corrected chi connectivity index (χ4v) is 2.53. The van der Waals surface area contributed by atoms with Crippen molar-refractivity contribution in [1.29, 1.82) is 0 Å². The summed E-state index contributed by atoms with van der Waals surface area (Å²) in [7, 11) is -2.14. The fraction of sp³-hybridized carbons (Fsp3) is 0.917. The molecule has 7 heteroatoms. The highest BCUT2D eigenvalue weighted by Crippen LogP contribution is 2.13. The molecule has 0 heterocycles. The molecule has 0 fully saturated rings. The Morgan fingerprint density at radius 2 is 1.79 bits per heavy atom. The third kappa shape index (κ3) is 8.18. The van der Waals surface area contributed by atoms with Gasteiger partial charge in [0.15, 0.2) is 0 Å². The van der Waals surface area contributed by atoms with Gasteiger partial charge in [-0.3, -0.25) is 4.79 Å². The van der Waals surface area contributed by atoms with Crippen LogP contribution in [-0.4, -0.2) is 45.5 Å². The summed E-state index contributed by atoms with van der Waals surface area (Å²) in [6.45, 7) is 8.81. The molecule has 0 rings (SSSR count). The number of hydrogen-bond acceptors (Lipinski definition) is 5. The molecular weight excluding hydrogens is 270 g/mol. The molecule has 0 aromatic rings. The normalized spacial score (nSPS) is 14.5. The van der Waals surface area contributed by atoms with Crippen LogP contribution in [0.2, 0.25) is 0 Å². The molecule has 0 aliphatic rings. The minimum atomic E-state index is -3.56. The van der Waals surface area contributed by atoms with Crippen molar-refractivity contribution in [3.8, 4) is 0 Å². The van der Waals surface area contributed by atoms with E-state index in [9.17, 15) is 13.2 Å². The third-order valence-corrected chi connectivity index (χ3v) is 3.51. The number of methoxy groups -OCH3 is 1. The van der Waals surface area contributed by atoms with E-state index in [2.05, 4.69) is 4.72 Å². The Hall–Kier alpha value is -0.660. The van der Waals surface area contributed by atoms with Gasteiger partial charge in [0.1, 0.15) is 11.6 Å². The van der Waals surface area contributed by atoms with Crippen molar-refractivity contribution in [2.75, 3.05) is 19.5 Å². The molecule has 0 aromatic heterocycles. The third-order valence-electron chi connectivity index (χ3n) is 2.19. The number of esters is 1. The van der Waals surface area contributed by atoms with E-state index < -0.39 is 27.6 Å². The molecule has 0 saturated heterocycles. The van der Waals surface area contributed by atoms with Crippen LogP contribution in [0.4, 0.5) is 0 Å². The molecule has 0 unspecified atom stereocenters. The molecule has 0 bridgehead atoms. The second kappa shape index (κ2) is 7.21. The minimum Gasteiger partial charge on any atom is -0.459 e. The van der Waals surface area contributed by atoms with Crippen molar-refractivity contribution in [3.63, 3.8) is 0 Å². The first-order chi connectivity index (χ1) is 8.48. The molecule has 1 atom stereocenters. The van der Waals surface area contributed by atoms with Crippen LogP contribution in [0.25, 0.3) is 0 Å². The number of carbonyl (C=O) groups excluding carboxylic acids is 1. The Balaban J connectivity index is 4.80. The first kappa shape index (κ1) is 18.3. The standard InChI is InChI=1S/C12H25NO5S/c1-9(2)10(11(14)18-12(3,4)5)13-19(15,16)8-7-17-6/h9-10,13H,7-8H2,1-6H3/t10-/m0/s1.